The van der Waals surface area contributed by atoms with Gasteiger partial charge in [0.1, 0.15) is 0 Å². The fraction of sp³-hybridized carbons (Fsp3) is 1.00. The summed E-state index contributed by atoms with van der Waals surface area (Å²) in [5, 5.41) is 10.2. The Morgan fingerprint density at radius 1 is 1.11 bits per heavy atom. The highest BCUT2D eigenvalue weighted by Gasteiger charge is 2.07. The predicted octanol–water partition coefficient (Wildman–Crippen LogP) is -2.25. The van der Waals surface area contributed by atoms with Crippen molar-refractivity contribution in [1.82, 2.24) is 20.9 Å². The Balaban J connectivity index is 1.80. The summed E-state index contributed by atoms with van der Waals surface area (Å²) in [7, 11) is 0. The number of piperazine rings is 1. The van der Waals surface area contributed by atoms with Crippen molar-refractivity contribution < 1.29 is 0 Å². The van der Waals surface area contributed by atoms with Gasteiger partial charge in [0.25, 0.3) is 0 Å². The molecule has 1 heterocycles. The van der Waals surface area contributed by atoms with Crippen molar-refractivity contribution in [2.45, 2.75) is 12.5 Å². The van der Waals surface area contributed by atoms with Crippen LogP contribution >= 0.6 is 0 Å². The molecule has 1 atom stereocenters. The molecule has 0 saturated carbocycles. The third-order valence-electron chi connectivity index (χ3n) is 3.24. The van der Waals surface area contributed by atoms with Crippen LogP contribution in [0.5, 0.6) is 0 Å². The minimum absolute atomic E-state index is 0.191. The molecule has 6 nitrogen and oxygen atoms in total. The highest BCUT2D eigenvalue weighted by Crippen LogP contribution is 1.89. The summed E-state index contributed by atoms with van der Waals surface area (Å²) in [4.78, 5) is 2.49. The summed E-state index contributed by atoms with van der Waals surface area (Å²) in [6, 6.07) is 0.191. The lowest BCUT2D eigenvalue weighted by Gasteiger charge is -2.27. The van der Waals surface area contributed by atoms with Gasteiger partial charge in [0, 0.05) is 64.9 Å². The van der Waals surface area contributed by atoms with E-state index in [1.165, 1.54) is 13.1 Å². The molecule has 0 aliphatic carbocycles. The van der Waals surface area contributed by atoms with Gasteiger partial charge in [0.15, 0.2) is 0 Å². The normalized spacial score (nSPS) is 19.0. The molecule has 0 bridgehead atoms. The van der Waals surface area contributed by atoms with E-state index < -0.39 is 0 Å². The van der Waals surface area contributed by atoms with E-state index >= 15 is 0 Å². The van der Waals surface area contributed by atoms with Crippen molar-refractivity contribution in [3.05, 3.63) is 0 Å². The van der Waals surface area contributed by atoms with Gasteiger partial charge in [0.05, 0.1) is 0 Å². The number of hydrogen-bond donors (Lipinski definition) is 5. The van der Waals surface area contributed by atoms with Gasteiger partial charge in [-0.3, -0.25) is 4.90 Å². The monoisotopic (exact) mass is 258 g/mol. The standard InChI is InChI=1S/C12H30N6/c13-2-1-12(14)11-17-4-3-15-5-8-18-9-6-16-7-10-18/h12,15-17H,1-11,13-14H2. The summed E-state index contributed by atoms with van der Waals surface area (Å²) in [6.45, 7) is 10.3. The molecule has 1 aliphatic rings. The molecule has 1 unspecified atom stereocenters. The fourth-order valence-electron chi connectivity index (χ4n) is 2.08. The van der Waals surface area contributed by atoms with E-state index in [-0.39, 0.29) is 6.04 Å². The largest absolute Gasteiger partial charge is 0.330 e. The Morgan fingerprint density at radius 3 is 2.56 bits per heavy atom. The predicted molar refractivity (Wildman–Crippen MR) is 76.7 cm³/mol. The highest BCUT2D eigenvalue weighted by atomic mass is 15.2. The maximum atomic E-state index is 5.85. The van der Waals surface area contributed by atoms with E-state index in [0.29, 0.717) is 6.54 Å². The Hall–Kier alpha value is -0.240. The third kappa shape index (κ3) is 7.97. The first-order chi connectivity index (χ1) is 8.83. The van der Waals surface area contributed by atoms with Crippen molar-refractivity contribution in [3.63, 3.8) is 0 Å². The van der Waals surface area contributed by atoms with Gasteiger partial charge in [-0.25, -0.2) is 0 Å². The average Bonchev–Trinajstić information content (AvgIpc) is 2.39. The average molecular weight is 258 g/mol. The maximum Gasteiger partial charge on any atom is 0.0177 e. The first-order valence-electron chi connectivity index (χ1n) is 7.13. The van der Waals surface area contributed by atoms with Crippen molar-refractivity contribution in [2.24, 2.45) is 11.5 Å². The van der Waals surface area contributed by atoms with Crippen LogP contribution < -0.4 is 27.4 Å². The van der Waals surface area contributed by atoms with Crippen LogP contribution in [0.1, 0.15) is 6.42 Å². The number of hydrogen-bond acceptors (Lipinski definition) is 6. The quantitative estimate of drug-likeness (QED) is 0.284. The minimum atomic E-state index is 0.191. The highest BCUT2D eigenvalue weighted by molar-refractivity contribution is 4.69. The maximum absolute atomic E-state index is 5.85. The van der Waals surface area contributed by atoms with Gasteiger partial charge in [-0.1, -0.05) is 0 Å². The van der Waals surface area contributed by atoms with Crippen LogP contribution in [0.15, 0.2) is 0 Å². The SMILES string of the molecule is NCCC(N)CNCCNCCN1CCNCC1. The Labute approximate surface area is 111 Å². The van der Waals surface area contributed by atoms with E-state index in [0.717, 1.165) is 52.2 Å². The van der Waals surface area contributed by atoms with Crippen LogP contribution in [0.3, 0.4) is 0 Å². The van der Waals surface area contributed by atoms with Crippen LogP contribution in [0.4, 0.5) is 0 Å². The molecule has 0 aromatic carbocycles. The molecule has 108 valence electrons. The molecule has 0 radical (unpaired) electrons. The molecule has 0 amide bonds. The second kappa shape index (κ2) is 10.7. The molecular weight excluding hydrogens is 228 g/mol. The van der Waals surface area contributed by atoms with Crippen molar-refractivity contribution in [3.8, 4) is 0 Å². The zero-order chi connectivity index (χ0) is 13.1. The van der Waals surface area contributed by atoms with Gasteiger partial charge >= 0.3 is 0 Å². The minimum Gasteiger partial charge on any atom is -0.330 e. The summed E-state index contributed by atoms with van der Waals surface area (Å²) < 4.78 is 0. The van der Waals surface area contributed by atoms with E-state index in [9.17, 15) is 0 Å². The summed E-state index contributed by atoms with van der Waals surface area (Å²) in [6.07, 6.45) is 0.892. The molecule has 7 N–H and O–H groups in total. The molecular formula is C12H30N6. The van der Waals surface area contributed by atoms with Crippen molar-refractivity contribution in [1.29, 1.82) is 0 Å². The topological polar surface area (TPSA) is 91.4 Å². The van der Waals surface area contributed by atoms with Gasteiger partial charge in [-0.05, 0) is 13.0 Å². The van der Waals surface area contributed by atoms with Gasteiger partial charge in [0.2, 0.25) is 0 Å². The molecule has 1 fully saturated rings. The number of nitrogens with two attached hydrogens (primary N) is 2. The lowest BCUT2D eigenvalue weighted by molar-refractivity contribution is 0.241. The van der Waals surface area contributed by atoms with Gasteiger partial charge in [-0.15, -0.1) is 0 Å². The molecule has 1 saturated heterocycles. The zero-order valence-corrected chi connectivity index (χ0v) is 11.5. The van der Waals surface area contributed by atoms with E-state index in [2.05, 4.69) is 20.9 Å². The third-order valence-corrected chi connectivity index (χ3v) is 3.24. The lowest BCUT2D eigenvalue weighted by Crippen LogP contribution is -2.46. The number of nitrogens with one attached hydrogen (secondary N) is 3. The first-order valence-corrected chi connectivity index (χ1v) is 7.13. The van der Waals surface area contributed by atoms with Crippen LogP contribution in [-0.2, 0) is 0 Å². The van der Waals surface area contributed by atoms with E-state index in [1.807, 2.05) is 0 Å². The molecule has 1 aliphatic heterocycles. The number of nitrogens with zero attached hydrogens (tertiary/aromatic N) is 1. The molecule has 0 aromatic heterocycles. The molecule has 1 rings (SSSR count). The number of rotatable bonds is 10. The zero-order valence-electron chi connectivity index (χ0n) is 11.5. The Kier molecular flexibility index (Phi) is 9.37. The Bertz CT molecular complexity index is 183. The fourth-order valence-corrected chi connectivity index (χ4v) is 2.08. The molecule has 0 aromatic rings. The summed E-state index contributed by atoms with van der Waals surface area (Å²) in [5.74, 6) is 0. The van der Waals surface area contributed by atoms with Crippen LogP contribution in [0.2, 0.25) is 0 Å². The molecule has 6 heteroatoms. The summed E-state index contributed by atoms with van der Waals surface area (Å²) >= 11 is 0. The van der Waals surface area contributed by atoms with Crippen molar-refractivity contribution in [2.75, 3.05) is 65.4 Å². The lowest BCUT2D eigenvalue weighted by atomic mass is 10.2. The first kappa shape index (κ1) is 15.8. The second-order valence-electron chi connectivity index (χ2n) is 4.88. The Morgan fingerprint density at radius 2 is 1.83 bits per heavy atom. The molecule has 0 spiro atoms. The van der Waals surface area contributed by atoms with Crippen molar-refractivity contribution >= 4 is 0 Å². The van der Waals surface area contributed by atoms with Crippen LogP contribution in [0.25, 0.3) is 0 Å². The van der Waals surface area contributed by atoms with Gasteiger partial charge in [-0.2, -0.15) is 0 Å². The smallest absolute Gasteiger partial charge is 0.0177 e. The molecule has 18 heavy (non-hydrogen) atoms. The second-order valence-corrected chi connectivity index (χ2v) is 4.88. The van der Waals surface area contributed by atoms with Crippen LogP contribution in [0, 0.1) is 0 Å². The van der Waals surface area contributed by atoms with Crippen LogP contribution in [-0.4, -0.2) is 76.4 Å². The van der Waals surface area contributed by atoms with Gasteiger partial charge < -0.3 is 27.4 Å². The van der Waals surface area contributed by atoms with E-state index in [1.54, 1.807) is 0 Å². The summed E-state index contributed by atoms with van der Waals surface area (Å²) in [5.41, 5.74) is 11.3. The van der Waals surface area contributed by atoms with E-state index in [4.69, 9.17) is 11.5 Å².